The molecule has 0 atom stereocenters. The van der Waals surface area contributed by atoms with Gasteiger partial charge >= 0.3 is 0 Å². The number of benzene rings is 2. The zero-order valence-electron chi connectivity index (χ0n) is 14.8. The molecule has 144 valence electrons. The minimum Gasteiger partial charge on any atom is -0.493 e. The first-order valence-electron chi connectivity index (χ1n) is 8.15. The Bertz CT molecular complexity index is 1060. The third-order valence-electron chi connectivity index (χ3n) is 3.72. The molecule has 0 saturated heterocycles. The van der Waals surface area contributed by atoms with Crippen LogP contribution in [-0.4, -0.2) is 23.5 Å². The Hall–Kier alpha value is -3.20. The van der Waals surface area contributed by atoms with Crippen LogP contribution in [0.25, 0.3) is 0 Å². The quantitative estimate of drug-likeness (QED) is 0.426. The number of hydrazone groups is 1. The van der Waals surface area contributed by atoms with Crippen LogP contribution in [0.1, 0.15) is 11.1 Å². The van der Waals surface area contributed by atoms with Gasteiger partial charge in [-0.2, -0.15) is 10.2 Å². The first-order chi connectivity index (χ1) is 13.6. The highest BCUT2D eigenvalue weighted by molar-refractivity contribution is 9.10. The van der Waals surface area contributed by atoms with Gasteiger partial charge in [-0.15, -0.1) is 0 Å². The lowest BCUT2D eigenvalue weighted by Crippen LogP contribution is -2.10. The fraction of sp³-hybridized carbons (Fsp3) is 0.105. The molecule has 0 bridgehead atoms. The molecule has 9 heteroatoms. The molecule has 0 aliphatic heterocycles. The van der Waals surface area contributed by atoms with Crippen LogP contribution in [-0.2, 0) is 6.61 Å². The van der Waals surface area contributed by atoms with Gasteiger partial charge in [0.25, 0.3) is 5.56 Å². The molecule has 3 rings (SSSR count). The van der Waals surface area contributed by atoms with Gasteiger partial charge in [0.1, 0.15) is 16.9 Å². The van der Waals surface area contributed by atoms with E-state index in [4.69, 9.17) is 9.47 Å². The van der Waals surface area contributed by atoms with Gasteiger partial charge in [-0.1, -0.05) is 18.2 Å². The minimum atomic E-state index is -0.363. The molecule has 0 aliphatic rings. The maximum atomic E-state index is 13.7. The van der Waals surface area contributed by atoms with E-state index in [-0.39, 0.29) is 18.0 Å². The molecule has 3 aromatic rings. The van der Waals surface area contributed by atoms with E-state index in [0.29, 0.717) is 27.2 Å². The number of ether oxygens (including phenoxy) is 2. The largest absolute Gasteiger partial charge is 0.493 e. The lowest BCUT2D eigenvalue weighted by Gasteiger charge is -2.11. The number of nitrogens with zero attached hydrogens (tertiary/aromatic N) is 2. The van der Waals surface area contributed by atoms with Crippen molar-refractivity contribution in [1.82, 2.24) is 10.2 Å². The molecule has 2 N–H and O–H groups in total. The number of aromatic nitrogens is 2. The number of nitrogens with one attached hydrogen (secondary N) is 2. The number of rotatable bonds is 7. The van der Waals surface area contributed by atoms with Crippen molar-refractivity contribution in [3.8, 4) is 11.5 Å². The van der Waals surface area contributed by atoms with Crippen LogP contribution in [0.3, 0.4) is 0 Å². The molecule has 28 heavy (non-hydrogen) atoms. The molecule has 0 saturated carbocycles. The van der Waals surface area contributed by atoms with E-state index in [9.17, 15) is 9.18 Å². The predicted octanol–water partition coefficient (Wildman–Crippen LogP) is 3.71. The molecule has 0 spiro atoms. The van der Waals surface area contributed by atoms with Gasteiger partial charge in [0.15, 0.2) is 11.5 Å². The highest BCUT2D eigenvalue weighted by Crippen LogP contribution is 2.28. The summed E-state index contributed by atoms with van der Waals surface area (Å²) in [4.78, 5) is 11.5. The molecule has 0 unspecified atom stereocenters. The van der Waals surface area contributed by atoms with E-state index in [1.54, 1.807) is 42.6 Å². The molecule has 0 radical (unpaired) electrons. The fourth-order valence-electron chi connectivity index (χ4n) is 2.29. The second-order valence-electron chi connectivity index (χ2n) is 5.59. The Kier molecular flexibility index (Phi) is 6.38. The third-order valence-corrected chi connectivity index (χ3v) is 4.51. The Morgan fingerprint density at radius 1 is 1.29 bits per heavy atom. The van der Waals surface area contributed by atoms with Crippen molar-refractivity contribution in [3.05, 3.63) is 80.4 Å². The van der Waals surface area contributed by atoms with E-state index >= 15 is 0 Å². The maximum Gasteiger partial charge on any atom is 0.280 e. The topological polar surface area (TPSA) is 88.6 Å². The molecule has 2 aromatic carbocycles. The summed E-state index contributed by atoms with van der Waals surface area (Å²) >= 11 is 3.16. The van der Waals surface area contributed by atoms with Crippen LogP contribution >= 0.6 is 15.9 Å². The lowest BCUT2D eigenvalue weighted by molar-refractivity contribution is 0.279. The SMILES string of the molecule is COc1cc(C=NNc2cn[nH]c(=O)c2Br)ccc1OCc1ccccc1F. The van der Waals surface area contributed by atoms with E-state index in [0.717, 1.165) is 5.56 Å². The first kappa shape index (κ1) is 19.6. The second kappa shape index (κ2) is 9.14. The van der Waals surface area contributed by atoms with Crippen molar-refractivity contribution in [3.63, 3.8) is 0 Å². The van der Waals surface area contributed by atoms with Crippen LogP contribution < -0.4 is 20.5 Å². The van der Waals surface area contributed by atoms with Crippen molar-refractivity contribution in [1.29, 1.82) is 0 Å². The number of aromatic amines is 1. The number of halogens is 2. The van der Waals surface area contributed by atoms with E-state index in [1.165, 1.54) is 19.4 Å². The van der Waals surface area contributed by atoms with Gasteiger partial charge < -0.3 is 9.47 Å². The maximum absolute atomic E-state index is 13.7. The van der Waals surface area contributed by atoms with Crippen LogP contribution in [0.2, 0.25) is 0 Å². The Balaban J connectivity index is 1.69. The normalized spacial score (nSPS) is 10.8. The van der Waals surface area contributed by atoms with E-state index < -0.39 is 0 Å². The van der Waals surface area contributed by atoms with Crippen LogP contribution in [0, 0.1) is 5.82 Å². The van der Waals surface area contributed by atoms with Gasteiger partial charge in [-0.05, 0) is 45.8 Å². The van der Waals surface area contributed by atoms with Gasteiger partial charge in [0, 0.05) is 5.56 Å². The molecule has 1 heterocycles. The predicted molar refractivity (Wildman–Crippen MR) is 108 cm³/mol. The molecule has 0 aliphatic carbocycles. The van der Waals surface area contributed by atoms with Gasteiger partial charge in [-0.25, -0.2) is 9.49 Å². The number of anilines is 1. The summed E-state index contributed by atoms with van der Waals surface area (Å²) in [5.74, 6) is 0.647. The summed E-state index contributed by atoms with van der Waals surface area (Å²) in [7, 11) is 1.52. The second-order valence-corrected chi connectivity index (χ2v) is 6.38. The Morgan fingerprint density at radius 3 is 2.89 bits per heavy atom. The average Bonchev–Trinajstić information content (AvgIpc) is 2.71. The summed E-state index contributed by atoms with van der Waals surface area (Å²) < 4.78 is 25.0. The molecular weight excluding hydrogens is 431 g/mol. The zero-order chi connectivity index (χ0) is 19.9. The van der Waals surface area contributed by atoms with E-state index in [2.05, 4.69) is 36.7 Å². The first-order valence-corrected chi connectivity index (χ1v) is 8.94. The lowest BCUT2D eigenvalue weighted by atomic mass is 10.2. The monoisotopic (exact) mass is 446 g/mol. The summed E-state index contributed by atoms with van der Waals surface area (Å²) in [6.07, 6.45) is 2.99. The Labute approximate surface area is 168 Å². The third kappa shape index (κ3) is 4.74. The average molecular weight is 447 g/mol. The fourth-order valence-corrected chi connectivity index (χ4v) is 2.57. The summed E-state index contributed by atoms with van der Waals surface area (Å²) in [5, 5.41) is 10.1. The van der Waals surface area contributed by atoms with Crippen molar-refractivity contribution < 1.29 is 13.9 Å². The van der Waals surface area contributed by atoms with Crippen molar-refractivity contribution >= 4 is 27.8 Å². The van der Waals surface area contributed by atoms with Crippen molar-refractivity contribution in [2.75, 3.05) is 12.5 Å². The Morgan fingerprint density at radius 2 is 2.11 bits per heavy atom. The summed E-state index contributed by atoms with van der Waals surface area (Å²) in [6, 6.07) is 11.6. The minimum absolute atomic E-state index is 0.0849. The van der Waals surface area contributed by atoms with Crippen LogP contribution in [0.4, 0.5) is 10.1 Å². The highest BCUT2D eigenvalue weighted by atomic mass is 79.9. The molecule has 0 amide bonds. The smallest absolute Gasteiger partial charge is 0.280 e. The number of hydrogen-bond acceptors (Lipinski definition) is 6. The number of H-pyrrole nitrogens is 1. The van der Waals surface area contributed by atoms with Gasteiger partial charge in [0.05, 0.1) is 25.2 Å². The molecule has 7 nitrogen and oxygen atoms in total. The van der Waals surface area contributed by atoms with Crippen LogP contribution in [0.5, 0.6) is 11.5 Å². The summed E-state index contributed by atoms with van der Waals surface area (Å²) in [6.45, 7) is 0.0849. The van der Waals surface area contributed by atoms with Gasteiger partial charge in [0.2, 0.25) is 0 Å². The molecular formula is C19H16BrFN4O3. The van der Waals surface area contributed by atoms with Crippen molar-refractivity contribution in [2.45, 2.75) is 6.61 Å². The molecule has 1 aromatic heterocycles. The summed E-state index contributed by atoms with van der Waals surface area (Å²) in [5.41, 5.74) is 3.99. The van der Waals surface area contributed by atoms with Gasteiger partial charge in [-0.3, -0.25) is 10.2 Å². The number of methoxy groups -OCH3 is 1. The van der Waals surface area contributed by atoms with Crippen LogP contribution in [0.15, 0.2) is 63.0 Å². The number of hydrogen-bond donors (Lipinski definition) is 2. The highest BCUT2D eigenvalue weighted by Gasteiger charge is 2.08. The van der Waals surface area contributed by atoms with Crippen molar-refractivity contribution in [2.24, 2.45) is 5.10 Å². The standard InChI is InChI=1S/C19H16BrFN4O3/c1-27-17-8-12(9-22-24-15-10-23-25-19(26)18(15)20)6-7-16(17)28-11-13-4-2-3-5-14(13)21/h2-10H,11H2,1H3,(H2,24,25,26). The zero-order valence-corrected chi connectivity index (χ0v) is 16.4. The molecule has 0 fully saturated rings. The van der Waals surface area contributed by atoms with E-state index in [1.807, 2.05) is 0 Å².